The van der Waals surface area contributed by atoms with Crippen LogP contribution in [0, 0.1) is 5.92 Å². The highest BCUT2D eigenvalue weighted by molar-refractivity contribution is 5.80. The van der Waals surface area contributed by atoms with Crippen LogP contribution in [-0.2, 0) is 17.7 Å². The van der Waals surface area contributed by atoms with E-state index in [9.17, 15) is 0 Å². The van der Waals surface area contributed by atoms with Gasteiger partial charge in [-0.05, 0) is 30.9 Å². The van der Waals surface area contributed by atoms with Gasteiger partial charge >= 0.3 is 0 Å². The van der Waals surface area contributed by atoms with Crippen LogP contribution in [-0.4, -0.2) is 34.5 Å². The summed E-state index contributed by atoms with van der Waals surface area (Å²) in [6.07, 6.45) is 4.80. The summed E-state index contributed by atoms with van der Waals surface area (Å²) in [4.78, 5) is 13.4. The minimum Gasteiger partial charge on any atom is -0.380 e. The number of methoxy groups -OCH3 is 1. The summed E-state index contributed by atoms with van der Waals surface area (Å²) >= 11 is 0. The van der Waals surface area contributed by atoms with Crippen molar-refractivity contribution in [3.05, 3.63) is 29.2 Å². The van der Waals surface area contributed by atoms with Gasteiger partial charge in [-0.2, -0.15) is 4.98 Å². The fourth-order valence-corrected chi connectivity index (χ4v) is 2.53. The van der Waals surface area contributed by atoms with E-state index in [-0.39, 0.29) is 0 Å². The Labute approximate surface area is 143 Å². The quantitative estimate of drug-likeness (QED) is 0.791. The number of nitrogen functional groups attached to an aromatic ring is 1. The summed E-state index contributed by atoms with van der Waals surface area (Å²) in [5, 5.41) is 1.04. The number of rotatable bonds is 7. The zero-order valence-electron chi connectivity index (χ0n) is 15.2. The molecular weight excluding hydrogens is 302 g/mol. The first-order valence-corrected chi connectivity index (χ1v) is 8.29. The molecule has 0 fully saturated rings. The van der Waals surface area contributed by atoms with Crippen molar-refractivity contribution >= 4 is 23.2 Å². The predicted molar refractivity (Wildman–Crippen MR) is 99.2 cm³/mol. The number of allylic oxidation sites excluding steroid dienone is 1. The second kappa shape index (κ2) is 8.06. The lowest BCUT2D eigenvalue weighted by atomic mass is 10.2. The van der Waals surface area contributed by atoms with E-state index in [1.165, 1.54) is 0 Å². The Kier molecular flexibility index (Phi) is 6.09. The molecule has 0 saturated heterocycles. The SMILES string of the molecule is CCc1nc(N)nc2c1ccn2C/C(N=CC(C)C)=C(\C)COC. The first kappa shape index (κ1) is 18.1. The maximum atomic E-state index is 5.87. The summed E-state index contributed by atoms with van der Waals surface area (Å²) in [6.45, 7) is 9.52. The first-order valence-electron chi connectivity index (χ1n) is 8.29. The monoisotopic (exact) mass is 329 g/mol. The molecule has 6 heteroatoms. The highest BCUT2D eigenvalue weighted by atomic mass is 16.5. The Morgan fingerprint density at radius 1 is 1.42 bits per heavy atom. The van der Waals surface area contributed by atoms with Crippen LogP contribution in [0.15, 0.2) is 28.5 Å². The number of anilines is 1. The Hall–Kier alpha value is -2.21. The van der Waals surface area contributed by atoms with Gasteiger partial charge in [0.05, 0.1) is 24.5 Å². The number of hydrogen-bond donors (Lipinski definition) is 1. The normalized spacial score (nSPS) is 13.2. The summed E-state index contributed by atoms with van der Waals surface area (Å²) in [5.74, 6) is 0.700. The van der Waals surface area contributed by atoms with Crippen LogP contribution in [0.1, 0.15) is 33.4 Å². The van der Waals surface area contributed by atoms with Gasteiger partial charge in [0.25, 0.3) is 0 Å². The number of ether oxygens (including phenoxy) is 1. The van der Waals surface area contributed by atoms with Gasteiger partial charge in [-0.25, -0.2) is 4.98 Å². The lowest BCUT2D eigenvalue weighted by Crippen LogP contribution is -2.07. The number of aromatic nitrogens is 3. The maximum absolute atomic E-state index is 5.87. The summed E-state index contributed by atoms with van der Waals surface area (Å²) in [5.41, 5.74) is 9.78. The van der Waals surface area contributed by atoms with Crippen molar-refractivity contribution < 1.29 is 4.74 Å². The smallest absolute Gasteiger partial charge is 0.222 e. The van der Waals surface area contributed by atoms with Gasteiger partial charge in [-0.15, -0.1) is 0 Å². The first-order chi connectivity index (χ1) is 11.5. The van der Waals surface area contributed by atoms with E-state index in [2.05, 4.69) is 40.3 Å². The molecule has 0 saturated carbocycles. The summed E-state index contributed by atoms with van der Waals surface area (Å²) in [7, 11) is 1.69. The molecule has 24 heavy (non-hydrogen) atoms. The fraction of sp³-hybridized carbons (Fsp3) is 0.500. The molecule has 0 spiro atoms. The Bertz CT molecular complexity index is 758. The molecule has 0 aliphatic carbocycles. The molecular formula is C18H27N5O. The minimum absolute atomic E-state index is 0.309. The van der Waals surface area contributed by atoms with Crippen LogP contribution in [0.5, 0.6) is 0 Å². The largest absolute Gasteiger partial charge is 0.380 e. The Balaban J connectivity index is 2.44. The molecule has 0 bridgehead atoms. The zero-order chi connectivity index (χ0) is 17.7. The number of fused-ring (bicyclic) bond motifs is 1. The molecule has 0 radical (unpaired) electrons. The number of hydrogen-bond acceptors (Lipinski definition) is 5. The molecule has 2 N–H and O–H groups in total. The molecule has 0 atom stereocenters. The van der Waals surface area contributed by atoms with Crippen molar-refractivity contribution in [3.8, 4) is 0 Å². The average Bonchev–Trinajstić information content (AvgIpc) is 2.93. The van der Waals surface area contributed by atoms with Crippen LogP contribution >= 0.6 is 0 Å². The van der Waals surface area contributed by atoms with Crippen molar-refractivity contribution in [2.45, 2.75) is 40.7 Å². The van der Waals surface area contributed by atoms with Crippen molar-refractivity contribution in [3.63, 3.8) is 0 Å². The van der Waals surface area contributed by atoms with Gasteiger partial charge in [-0.1, -0.05) is 20.8 Å². The van der Waals surface area contributed by atoms with Gasteiger partial charge in [0.1, 0.15) is 5.65 Å². The third kappa shape index (κ3) is 4.20. The third-order valence-corrected chi connectivity index (χ3v) is 3.75. The van der Waals surface area contributed by atoms with Crippen molar-refractivity contribution in [2.24, 2.45) is 10.9 Å². The van der Waals surface area contributed by atoms with E-state index < -0.39 is 0 Å². The number of aliphatic imine (C=N–C) groups is 1. The van der Waals surface area contributed by atoms with Crippen LogP contribution in [0.25, 0.3) is 11.0 Å². The highest BCUT2D eigenvalue weighted by Gasteiger charge is 2.11. The lowest BCUT2D eigenvalue weighted by molar-refractivity contribution is 0.224. The average molecular weight is 329 g/mol. The topological polar surface area (TPSA) is 78.3 Å². The zero-order valence-corrected chi connectivity index (χ0v) is 15.2. The molecule has 6 nitrogen and oxygen atoms in total. The van der Waals surface area contributed by atoms with Crippen molar-refractivity contribution in [2.75, 3.05) is 19.5 Å². The minimum atomic E-state index is 0.309. The van der Waals surface area contributed by atoms with Crippen molar-refractivity contribution in [1.29, 1.82) is 0 Å². The lowest BCUT2D eigenvalue weighted by Gasteiger charge is -2.11. The Morgan fingerprint density at radius 2 is 2.17 bits per heavy atom. The molecule has 2 aromatic rings. The molecule has 2 heterocycles. The van der Waals surface area contributed by atoms with Gasteiger partial charge in [0.15, 0.2) is 0 Å². The third-order valence-electron chi connectivity index (χ3n) is 3.75. The van der Waals surface area contributed by atoms with Gasteiger partial charge in [0.2, 0.25) is 5.95 Å². The van der Waals surface area contributed by atoms with Crippen LogP contribution < -0.4 is 5.73 Å². The molecule has 0 aromatic carbocycles. The van der Waals surface area contributed by atoms with Crippen molar-refractivity contribution in [1.82, 2.24) is 14.5 Å². The van der Waals surface area contributed by atoms with E-state index in [0.29, 0.717) is 25.0 Å². The molecule has 0 aliphatic rings. The van der Waals surface area contributed by atoms with E-state index in [4.69, 9.17) is 10.5 Å². The predicted octanol–water partition coefficient (Wildman–Crippen LogP) is 3.22. The number of nitrogens with two attached hydrogens (primary N) is 1. The maximum Gasteiger partial charge on any atom is 0.222 e. The Morgan fingerprint density at radius 3 is 2.79 bits per heavy atom. The molecule has 2 rings (SSSR count). The van der Waals surface area contributed by atoms with Crippen LogP contribution in [0.4, 0.5) is 5.95 Å². The van der Waals surface area contributed by atoms with Gasteiger partial charge in [0, 0.05) is 24.9 Å². The van der Waals surface area contributed by atoms with Gasteiger partial charge < -0.3 is 15.0 Å². The van der Waals surface area contributed by atoms with E-state index in [1.807, 2.05) is 25.4 Å². The standard InChI is InChI=1S/C18H27N5O/c1-6-15-14-7-8-23(17(14)22-18(19)21-15)10-16(13(4)11-24-5)20-9-12(2)3/h7-9,12H,6,10-11H2,1-5H3,(H2,19,21,22)/b16-13-,20-9?. The van der Waals surface area contributed by atoms with E-state index in [1.54, 1.807) is 7.11 Å². The second-order valence-electron chi connectivity index (χ2n) is 6.25. The van der Waals surface area contributed by atoms with Crippen LogP contribution in [0.3, 0.4) is 0 Å². The second-order valence-corrected chi connectivity index (χ2v) is 6.25. The van der Waals surface area contributed by atoms with Gasteiger partial charge in [-0.3, -0.25) is 4.99 Å². The van der Waals surface area contributed by atoms with E-state index in [0.717, 1.165) is 34.4 Å². The molecule has 0 aliphatic heterocycles. The molecule has 0 amide bonds. The van der Waals surface area contributed by atoms with E-state index >= 15 is 0 Å². The number of aryl methyl sites for hydroxylation is 1. The fourth-order valence-electron chi connectivity index (χ4n) is 2.53. The molecule has 130 valence electrons. The molecule has 0 unspecified atom stereocenters. The van der Waals surface area contributed by atoms with Crippen LogP contribution in [0.2, 0.25) is 0 Å². The number of nitrogens with zero attached hydrogens (tertiary/aromatic N) is 4. The highest BCUT2D eigenvalue weighted by Crippen LogP contribution is 2.21. The summed E-state index contributed by atoms with van der Waals surface area (Å²) < 4.78 is 7.34. The summed E-state index contributed by atoms with van der Waals surface area (Å²) in [6, 6.07) is 2.04. The molecule has 2 aromatic heterocycles.